The quantitative estimate of drug-likeness (QED) is 0.629. The van der Waals surface area contributed by atoms with Gasteiger partial charge in [0.05, 0.1) is 19.6 Å². The molecule has 0 aliphatic carbocycles. The van der Waals surface area contributed by atoms with Gasteiger partial charge in [0, 0.05) is 46.2 Å². The Hall–Kier alpha value is -2.90. The Kier molecular flexibility index (Phi) is 8.64. The minimum Gasteiger partial charge on any atom is -0.497 e. The normalized spacial score (nSPS) is 15.7. The summed E-state index contributed by atoms with van der Waals surface area (Å²) in [4.78, 5) is 29.1. The fraction of sp³-hybridized carbons (Fsp3) is 0.440. The van der Waals surface area contributed by atoms with Gasteiger partial charge in [-0.1, -0.05) is 36.4 Å². The van der Waals surface area contributed by atoms with E-state index in [2.05, 4.69) is 39.6 Å². The second kappa shape index (κ2) is 11.6. The number of hydrogen-bond acceptors (Lipinski definition) is 5. The third-order valence-corrected chi connectivity index (χ3v) is 5.77. The van der Waals surface area contributed by atoms with Crippen molar-refractivity contribution >= 4 is 11.8 Å². The highest BCUT2D eigenvalue weighted by atomic mass is 16.5. The number of carbonyl (C=O) groups is 2. The molecule has 2 N–H and O–H groups in total. The summed E-state index contributed by atoms with van der Waals surface area (Å²) in [6, 6.07) is 15.4. The lowest BCUT2D eigenvalue weighted by molar-refractivity contribution is -0.122. The van der Waals surface area contributed by atoms with Crippen molar-refractivity contribution in [3.8, 4) is 5.75 Å². The number of amides is 2. The van der Waals surface area contributed by atoms with Crippen LogP contribution in [0.4, 0.5) is 0 Å². The Balaban J connectivity index is 1.54. The van der Waals surface area contributed by atoms with Crippen molar-refractivity contribution in [2.45, 2.75) is 32.5 Å². The van der Waals surface area contributed by atoms with Gasteiger partial charge >= 0.3 is 0 Å². The fourth-order valence-electron chi connectivity index (χ4n) is 3.89. The molecule has 0 saturated carbocycles. The largest absolute Gasteiger partial charge is 0.497 e. The van der Waals surface area contributed by atoms with Crippen LogP contribution in [0, 0.1) is 0 Å². The molecule has 3 rings (SSSR count). The Labute approximate surface area is 190 Å². The van der Waals surface area contributed by atoms with Crippen LogP contribution in [0.3, 0.4) is 0 Å². The zero-order valence-electron chi connectivity index (χ0n) is 19.3. The van der Waals surface area contributed by atoms with E-state index in [0.717, 1.165) is 49.6 Å². The smallest absolute Gasteiger partial charge is 0.222 e. The highest BCUT2D eigenvalue weighted by Crippen LogP contribution is 2.20. The Morgan fingerprint density at radius 1 is 1.03 bits per heavy atom. The number of benzene rings is 2. The van der Waals surface area contributed by atoms with Crippen LogP contribution in [0.2, 0.25) is 0 Å². The molecule has 1 unspecified atom stereocenters. The zero-order valence-corrected chi connectivity index (χ0v) is 19.3. The molecule has 1 aliphatic rings. The number of likely N-dealkylation sites (N-methyl/N-ethyl adjacent to an activating group) is 1. The second-order valence-electron chi connectivity index (χ2n) is 8.41. The summed E-state index contributed by atoms with van der Waals surface area (Å²) in [7, 11) is 3.76. The van der Waals surface area contributed by atoms with E-state index in [1.54, 1.807) is 7.11 Å². The summed E-state index contributed by atoms with van der Waals surface area (Å²) in [6.07, 6.45) is 0.174. The number of ether oxygens (including phenoxy) is 1. The maximum absolute atomic E-state index is 12.6. The van der Waals surface area contributed by atoms with Gasteiger partial charge in [-0.2, -0.15) is 0 Å². The average molecular weight is 439 g/mol. The van der Waals surface area contributed by atoms with E-state index >= 15 is 0 Å². The molecule has 2 aromatic carbocycles. The maximum Gasteiger partial charge on any atom is 0.222 e. The number of hydrogen-bond donors (Lipinski definition) is 2. The SMILES string of the molecule is COc1ccc(C(CC(=O)NCc2cccc(CN3CCN(C)CC3)c2)NC(C)=O)cc1. The Bertz CT molecular complexity index is 892. The van der Waals surface area contributed by atoms with Gasteiger partial charge in [0.2, 0.25) is 11.8 Å². The molecule has 172 valence electrons. The minimum atomic E-state index is -0.387. The highest BCUT2D eigenvalue weighted by molar-refractivity contribution is 5.79. The standard InChI is InChI=1S/C25H34N4O3/c1-19(30)27-24(22-7-9-23(32-3)10-8-22)16-25(31)26-17-20-5-4-6-21(15-20)18-29-13-11-28(2)12-14-29/h4-10,15,24H,11-14,16-18H2,1-3H3,(H,26,31)(H,27,30). The summed E-state index contributed by atoms with van der Waals surface area (Å²) in [5.74, 6) is 0.454. The van der Waals surface area contributed by atoms with Crippen LogP contribution >= 0.6 is 0 Å². The lowest BCUT2D eigenvalue weighted by atomic mass is 10.0. The first-order valence-electron chi connectivity index (χ1n) is 11.1. The van der Waals surface area contributed by atoms with Gasteiger partial charge in [0.25, 0.3) is 0 Å². The van der Waals surface area contributed by atoms with Crippen LogP contribution in [-0.2, 0) is 22.7 Å². The maximum atomic E-state index is 12.6. The third-order valence-electron chi connectivity index (χ3n) is 5.77. The second-order valence-corrected chi connectivity index (χ2v) is 8.41. The molecule has 7 nitrogen and oxygen atoms in total. The van der Waals surface area contributed by atoms with E-state index in [9.17, 15) is 9.59 Å². The Morgan fingerprint density at radius 2 is 1.72 bits per heavy atom. The first-order valence-corrected chi connectivity index (χ1v) is 11.1. The van der Waals surface area contributed by atoms with Gasteiger partial charge < -0.3 is 20.3 Å². The summed E-state index contributed by atoms with van der Waals surface area (Å²) < 4.78 is 5.19. The molecular formula is C25H34N4O3. The van der Waals surface area contributed by atoms with Gasteiger partial charge in [-0.3, -0.25) is 14.5 Å². The molecule has 2 amide bonds. The summed E-state index contributed by atoms with van der Waals surface area (Å²) in [6.45, 7) is 7.20. The monoisotopic (exact) mass is 438 g/mol. The Morgan fingerprint density at radius 3 is 2.38 bits per heavy atom. The highest BCUT2D eigenvalue weighted by Gasteiger charge is 2.18. The van der Waals surface area contributed by atoms with Crippen molar-refractivity contribution < 1.29 is 14.3 Å². The molecule has 1 saturated heterocycles. The lowest BCUT2D eigenvalue weighted by Crippen LogP contribution is -2.43. The molecular weight excluding hydrogens is 404 g/mol. The number of nitrogens with one attached hydrogen (secondary N) is 2. The molecule has 1 heterocycles. The fourth-order valence-corrected chi connectivity index (χ4v) is 3.89. The summed E-state index contributed by atoms with van der Waals surface area (Å²) in [5.41, 5.74) is 3.20. The van der Waals surface area contributed by atoms with E-state index in [0.29, 0.717) is 6.54 Å². The van der Waals surface area contributed by atoms with E-state index < -0.39 is 0 Å². The van der Waals surface area contributed by atoms with Crippen molar-refractivity contribution in [2.24, 2.45) is 0 Å². The molecule has 0 radical (unpaired) electrons. The molecule has 1 aliphatic heterocycles. The van der Waals surface area contributed by atoms with Gasteiger partial charge in [-0.15, -0.1) is 0 Å². The van der Waals surface area contributed by atoms with E-state index in [1.807, 2.05) is 36.4 Å². The van der Waals surface area contributed by atoms with Crippen LogP contribution in [0.1, 0.15) is 36.1 Å². The van der Waals surface area contributed by atoms with Gasteiger partial charge in [0.15, 0.2) is 0 Å². The average Bonchev–Trinajstić information content (AvgIpc) is 2.79. The predicted octanol–water partition coefficient (Wildman–Crippen LogP) is 2.33. The predicted molar refractivity (Wildman–Crippen MR) is 125 cm³/mol. The van der Waals surface area contributed by atoms with Crippen molar-refractivity contribution in [1.82, 2.24) is 20.4 Å². The third kappa shape index (κ3) is 7.35. The molecule has 0 spiro atoms. The molecule has 1 atom stereocenters. The first-order chi connectivity index (χ1) is 15.4. The number of methoxy groups -OCH3 is 1. The molecule has 32 heavy (non-hydrogen) atoms. The molecule has 0 aromatic heterocycles. The van der Waals surface area contributed by atoms with Crippen LogP contribution < -0.4 is 15.4 Å². The first kappa shape index (κ1) is 23.8. The van der Waals surface area contributed by atoms with Crippen molar-refractivity contribution in [3.05, 3.63) is 65.2 Å². The number of rotatable bonds is 9. The minimum absolute atomic E-state index is 0.107. The van der Waals surface area contributed by atoms with E-state index in [1.165, 1.54) is 12.5 Å². The van der Waals surface area contributed by atoms with Crippen molar-refractivity contribution in [2.75, 3.05) is 40.3 Å². The lowest BCUT2D eigenvalue weighted by Gasteiger charge is -2.32. The topological polar surface area (TPSA) is 73.9 Å². The summed E-state index contributed by atoms with van der Waals surface area (Å²) in [5, 5.41) is 5.87. The molecule has 2 aromatic rings. The van der Waals surface area contributed by atoms with Crippen LogP contribution in [0.15, 0.2) is 48.5 Å². The van der Waals surface area contributed by atoms with Crippen LogP contribution in [-0.4, -0.2) is 62.0 Å². The molecule has 1 fully saturated rings. The van der Waals surface area contributed by atoms with E-state index in [-0.39, 0.29) is 24.3 Å². The molecule has 7 heteroatoms. The van der Waals surface area contributed by atoms with Gasteiger partial charge in [-0.25, -0.2) is 0 Å². The van der Waals surface area contributed by atoms with Crippen LogP contribution in [0.25, 0.3) is 0 Å². The van der Waals surface area contributed by atoms with Crippen molar-refractivity contribution in [3.63, 3.8) is 0 Å². The number of carbonyl (C=O) groups excluding carboxylic acids is 2. The number of piperazine rings is 1. The zero-order chi connectivity index (χ0) is 22.9. The summed E-state index contributed by atoms with van der Waals surface area (Å²) >= 11 is 0. The van der Waals surface area contributed by atoms with E-state index in [4.69, 9.17) is 4.74 Å². The molecule has 0 bridgehead atoms. The van der Waals surface area contributed by atoms with Crippen molar-refractivity contribution in [1.29, 1.82) is 0 Å². The van der Waals surface area contributed by atoms with Gasteiger partial charge in [-0.05, 0) is 35.9 Å². The van der Waals surface area contributed by atoms with Crippen LogP contribution in [0.5, 0.6) is 5.75 Å². The number of nitrogens with zero attached hydrogens (tertiary/aromatic N) is 2. The van der Waals surface area contributed by atoms with Gasteiger partial charge in [0.1, 0.15) is 5.75 Å².